The minimum absolute atomic E-state index is 0.378. The molecule has 2 heterocycles. The lowest BCUT2D eigenvalue weighted by atomic mass is 9.90. The highest BCUT2D eigenvalue weighted by Gasteiger charge is 2.21. The second-order valence-electron chi connectivity index (χ2n) is 5.79. The van der Waals surface area contributed by atoms with Crippen molar-refractivity contribution in [2.75, 3.05) is 13.1 Å². The van der Waals surface area contributed by atoms with Gasteiger partial charge < -0.3 is 10.1 Å². The van der Waals surface area contributed by atoms with E-state index < -0.39 is 0 Å². The van der Waals surface area contributed by atoms with Gasteiger partial charge in [-0.1, -0.05) is 18.2 Å². The van der Waals surface area contributed by atoms with Crippen molar-refractivity contribution in [3.05, 3.63) is 29.3 Å². The average molecular weight is 245 g/mol. The van der Waals surface area contributed by atoms with Crippen molar-refractivity contribution in [1.29, 1.82) is 0 Å². The standard InChI is InChI=1S/C16H23NO/c1-12-7-8-14-5-2-6-15(16(14)18-12)10-13-4-3-9-17-11-13/h2,5-6,12-13,17H,3-4,7-11H2,1H3. The maximum atomic E-state index is 6.08. The van der Waals surface area contributed by atoms with E-state index in [1.54, 1.807) is 0 Å². The Morgan fingerprint density at radius 1 is 1.33 bits per heavy atom. The van der Waals surface area contributed by atoms with Crippen LogP contribution in [0.1, 0.15) is 37.3 Å². The Morgan fingerprint density at radius 2 is 2.28 bits per heavy atom. The van der Waals surface area contributed by atoms with Gasteiger partial charge in [0.1, 0.15) is 5.75 Å². The van der Waals surface area contributed by atoms with Crippen molar-refractivity contribution in [1.82, 2.24) is 5.32 Å². The summed E-state index contributed by atoms with van der Waals surface area (Å²) in [6.45, 7) is 4.54. The van der Waals surface area contributed by atoms with Gasteiger partial charge >= 0.3 is 0 Å². The molecule has 0 aliphatic carbocycles. The Bertz CT molecular complexity index is 410. The molecule has 0 radical (unpaired) electrons. The highest BCUT2D eigenvalue weighted by molar-refractivity contribution is 5.43. The van der Waals surface area contributed by atoms with Gasteiger partial charge in [0.05, 0.1) is 6.10 Å². The summed E-state index contributed by atoms with van der Waals surface area (Å²) in [5.41, 5.74) is 2.84. The fraction of sp³-hybridized carbons (Fsp3) is 0.625. The smallest absolute Gasteiger partial charge is 0.126 e. The van der Waals surface area contributed by atoms with E-state index in [1.165, 1.54) is 55.6 Å². The van der Waals surface area contributed by atoms with E-state index in [-0.39, 0.29) is 0 Å². The molecular weight excluding hydrogens is 222 g/mol. The Hall–Kier alpha value is -1.02. The number of hydrogen-bond donors (Lipinski definition) is 1. The lowest BCUT2D eigenvalue weighted by Crippen LogP contribution is -2.31. The van der Waals surface area contributed by atoms with Crippen LogP contribution in [0.15, 0.2) is 18.2 Å². The normalized spacial score (nSPS) is 27.4. The Kier molecular flexibility index (Phi) is 3.55. The zero-order valence-corrected chi connectivity index (χ0v) is 11.2. The molecule has 0 amide bonds. The first-order valence-electron chi connectivity index (χ1n) is 7.31. The van der Waals surface area contributed by atoms with Crippen molar-refractivity contribution in [2.24, 2.45) is 5.92 Å². The molecule has 0 aromatic heterocycles. The quantitative estimate of drug-likeness (QED) is 0.865. The van der Waals surface area contributed by atoms with Crippen molar-refractivity contribution >= 4 is 0 Å². The monoisotopic (exact) mass is 245 g/mol. The van der Waals surface area contributed by atoms with Crippen molar-refractivity contribution in [3.8, 4) is 5.75 Å². The molecule has 1 aromatic rings. The molecule has 2 atom stereocenters. The van der Waals surface area contributed by atoms with E-state index in [0.717, 1.165) is 12.3 Å². The SMILES string of the molecule is CC1CCc2cccc(CC3CCCNC3)c2O1. The molecule has 2 aliphatic rings. The van der Waals surface area contributed by atoms with Crippen LogP contribution in [-0.2, 0) is 12.8 Å². The molecule has 1 saturated heterocycles. The van der Waals surface area contributed by atoms with Crippen LogP contribution >= 0.6 is 0 Å². The lowest BCUT2D eigenvalue weighted by molar-refractivity contribution is 0.189. The summed E-state index contributed by atoms with van der Waals surface area (Å²) in [6, 6.07) is 6.68. The summed E-state index contributed by atoms with van der Waals surface area (Å²) >= 11 is 0. The number of rotatable bonds is 2. The molecule has 18 heavy (non-hydrogen) atoms. The predicted molar refractivity (Wildman–Crippen MR) is 74.2 cm³/mol. The summed E-state index contributed by atoms with van der Waals surface area (Å²) in [5, 5.41) is 3.50. The maximum Gasteiger partial charge on any atom is 0.126 e. The molecule has 3 rings (SSSR count). The van der Waals surface area contributed by atoms with Gasteiger partial charge in [0.25, 0.3) is 0 Å². The summed E-state index contributed by atoms with van der Waals surface area (Å²) < 4.78 is 6.08. The van der Waals surface area contributed by atoms with Crippen LogP contribution in [0.25, 0.3) is 0 Å². The first-order chi connectivity index (χ1) is 8.83. The number of fused-ring (bicyclic) bond motifs is 1. The third-order valence-corrected chi connectivity index (χ3v) is 4.22. The molecule has 0 saturated carbocycles. The number of piperidine rings is 1. The minimum Gasteiger partial charge on any atom is -0.490 e. The van der Waals surface area contributed by atoms with Crippen molar-refractivity contribution in [2.45, 2.75) is 45.1 Å². The number of aryl methyl sites for hydroxylation is 1. The number of ether oxygens (including phenoxy) is 1. The Labute approximate surface area is 110 Å². The number of hydrogen-bond acceptors (Lipinski definition) is 2. The Balaban J connectivity index is 1.79. The number of nitrogens with one attached hydrogen (secondary N) is 1. The lowest BCUT2D eigenvalue weighted by Gasteiger charge is -2.28. The summed E-state index contributed by atoms with van der Waals surface area (Å²) in [6.07, 6.45) is 6.55. The first kappa shape index (κ1) is 12.0. The maximum absolute atomic E-state index is 6.08. The van der Waals surface area contributed by atoms with Gasteiger partial charge in [-0.05, 0) is 69.2 Å². The van der Waals surface area contributed by atoms with E-state index >= 15 is 0 Å². The van der Waals surface area contributed by atoms with Gasteiger partial charge in [0.15, 0.2) is 0 Å². The van der Waals surface area contributed by atoms with E-state index in [4.69, 9.17) is 4.74 Å². The van der Waals surface area contributed by atoms with E-state index in [0.29, 0.717) is 6.10 Å². The second kappa shape index (κ2) is 5.31. The molecule has 2 aliphatic heterocycles. The Morgan fingerprint density at radius 3 is 3.11 bits per heavy atom. The summed E-state index contributed by atoms with van der Waals surface area (Å²) in [7, 11) is 0. The van der Waals surface area contributed by atoms with Crippen molar-refractivity contribution < 1.29 is 4.74 Å². The van der Waals surface area contributed by atoms with Crippen LogP contribution in [0.4, 0.5) is 0 Å². The summed E-state index contributed by atoms with van der Waals surface area (Å²) in [4.78, 5) is 0. The molecule has 2 heteroatoms. The average Bonchev–Trinajstić information content (AvgIpc) is 2.41. The molecule has 98 valence electrons. The molecule has 1 fully saturated rings. The molecule has 2 unspecified atom stereocenters. The highest BCUT2D eigenvalue weighted by Crippen LogP contribution is 2.33. The van der Waals surface area contributed by atoms with Crippen LogP contribution in [0.2, 0.25) is 0 Å². The van der Waals surface area contributed by atoms with Gasteiger partial charge in [-0.15, -0.1) is 0 Å². The minimum atomic E-state index is 0.378. The third-order valence-electron chi connectivity index (χ3n) is 4.22. The molecular formula is C16H23NO. The van der Waals surface area contributed by atoms with E-state index in [9.17, 15) is 0 Å². The van der Waals surface area contributed by atoms with Gasteiger partial charge in [-0.25, -0.2) is 0 Å². The molecule has 0 spiro atoms. The van der Waals surface area contributed by atoms with Crippen LogP contribution in [0, 0.1) is 5.92 Å². The van der Waals surface area contributed by atoms with Crippen LogP contribution in [0.5, 0.6) is 5.75 Å². The van der Waals surface area contributed by atoms with Gasteiger partial charge in [-0.3, -0.25) is 0 Å². The van der Waals surface area contributed by atoms with Crippen LogP contribution in [0.3, 0.4) is 0 Å². The number of benzene rings is 1. The fourth-order valence-electron chi connectivity index (χ4n) is 3.18. The number of para-hydroxylation sites is 1. The van der Waals surface area contributed by atoms with Gasteiger partial charge in [0, 0.05) is 0 Å². The first-order valence-corrected chi connectivity index (χ1v) is 7.31. The highest BCUT2D eigenvalue weighted by atomic mass is 16.5. The zero-order valence-electron chi connectivity index (χ0n) is 11.2. The van der Waals surface area contributed by atoms with Crippen LogP contribution < -0.4 is 10.1 Å². The second-order valence-corrected chi connectivity index (χ2v) is 5.79. The van der Waals surface area contributed by atoms with Crippen molar-refractivity contribution in [3.63, 3.8) is 0 Å². The predicted octanol–water partition coefficient (Wildman–Crippen LogP) is 2.94. The van der Waals surface area contributed by atoms with Crippen LogP contribution in [-0.4, -0.2) is 19.2 Å². The summed E-state index contributed by atoms with van der Waals surface area (Å²) in [5.74, 6) is 1.98. The molecule has 1 N–H and O–H groups in total. The van der Waals surface area contributed by atoms with Gasteiger partial charge in [0.2, 0.25) is 0 Å². The third kappa shape index (κ3) is 2.54. The molecule has 1 aromatic carbocycles. The van der Waals surface area contributed by atoms with E-state index in [1.807, 2.05) is 0 Å². The molecule has 0 bridgehead atoms. The van der Waals surface area contributed by atoms with E-state index in [2.05, 4.69) is 30.4 Å². The largest absolute Gasteiger partial charge is 0.490 e. The topological polar surface area (TPSA) is 21.3 Å². The molecule has 2 nitrogen and oxygen atoms in total. The zero-order chi connectivity index (χ0) is 12.4. The fourth-order valence-corrected chi connectivity index (χ4v) is 3.18. The van der Waals surface area contributed by atoms with Gasteiger partial charge in [-0.2, -0.15) is 0 Å².